The van der Waals surface area contributed by atoms with Crippen molar-refractivity contribution in [3.63, 3.8) is 0 Å². The number of rotatable bonds is 19. The van der Waals surface area contributed by atoms with Crippen molar-refractivity contribution in [1.82, 2.24) is 0 Å². The molecule has 0 aliphatic carbocycles. The first-order valence-corrected chi connectivity index (χ1v) is 12.3. The Morgan fingerprint density at radius 1 is 0.875 bits per heavy atom. The Morgan fingerprint density at radius 3 is 1.88 bits per heavy atom. The first-order chi connectivity index (χ1) is 15.4. The third-order valence-corrected chi connectivity index (χ3v) is 6.10. The number of benzene rings is 1. The maximum atomic E-state index is 11.6. The molecule has 0 heterocycles. The molecule has 1 atom stereocenters. The van der Waals surface area contributed by atoms with Gasteiger partial charge >= 0.3 is 11.7 Å². The van der Waals surface area contributed by atoms with Gasteiger partial charge in [0.25, 0.3) is 0 Å². The molecule has 1 aromatic rings. The van der Waals surface area contributed by atoms with Crippen LogP contribution in [0.2, 0.25) is 0 Å². The van der Waals surface area contributed by atoms with Crippen LogP contribution >= 0.6 is 0 Å². The van der Waals surface area contributed by atoms with Crippen molar-refractivity contribution in [2.24, 2.45) is 5.92 Å². The molecule has 0 amide bonds. The molecule has 7 heteroatoms. The second-order valence-electron chi connectivity index (χ2n) is 8.84. The number of phenolic OH excluding ortho intramolecular Hbond substituents is 2. The van der Waals surface area contributed by atoms with E-state index in [0.717, 1.165) is 19.3 Å². The van der Waals surface area contributed by atoms with Crippen molar-refractivity contribution < 1.29 is 25.0 Å². The van der Waals surface area contributed by atoms with E-state index in [1.165, 1.54) is 69.9 Å². The van der Waals surface area contributed by atoms with Gasteiger partial charge in [0, 0.05) is 6.07 Å². The molecule has 0 spiro atoms. The van der Waals surface area contributed by atoms with Crippen LogP contribution in [0.4, 0.5) is 5.69 Å². The molecule has 0 bridgehead atoms. The molecule has 1 rings (SSSR count). The van der Waals surface area contributed by atoms with E-state index in [2.05, 4.69) is 6.92 Å². The zero-order valence-corrected chi connectivity index (χ0v) is 19.6. The summed E-state index contributed by atoms with van der Waals surface area (Å²) in [6.07, 6.45) is 17.0. The van der Waals surface area contributed by atoms with Crippen LogP contribution < -0.4 is 0 Å². The second-order valence-corrected chi connectivity index (χ2v) is 8.84. The van der Waals surface area contributed by atoms with Gasteiger partial charge in [-0.3, -0.25) is 14.9 Å². The predicted molar refractivity (Wildman–Crippen MR) is 126 cm³/mol. The lowest BCUT2D eigenvalue weighted by Gasteiger charge is -2.12. The van der Waals surface area contributed by atoms with Crippen LogP contribution in [0.15, 0.2) is 12.1 Å². The molecule has 0 saturated carbocycles. The van der Waals surface area contributed by atoms with Crippen molar-refractivity contribution in [1.29, 1.82) is 0 Å². The highest BCUT2D eigenvalue weighted by molar-refractivity contribution is 5.69. The molecule has 0 aliphatic heterocycles. The van der Waals surface area contributed by atoms with E-state index >= 15 is 0 Å². The van der Waals surface area contributed by atoms with Crippen molar-refractivity contribution in [3.05, 3.63) is 27.8 Å². The zero-order chi connectivity index (χ0) is 23.8. The molecule has 0 saturated heterocycles. The fourth-order valence-electron chi connectivity index (χ4n) is 4.12. The lowest BCUT2D eigenvalue weighted by atomic mass is 9.93. The standard InChI is InChI=1S/C25H41NO6/c1-2-3-4-5-6-7-8-9-10-11-12-13-16-21(25(29)30)17-14-15-20-18-22(26(31)32)24(28)23(27)19-20/h18-19,21,27-28H,2-17H2,1H3,(H,29,30). The average Bonchev–Trinajstić information content (AvgIpc) is 2.75. The minimum atomic E-state index is -0.799. The number of carbonyl (C=O) groups is 1. The van der Waals surface area contributed by atoms with E-state index in [0.29, 0.717) is 31.2 Å². The molecular formula is C25H41NO6. The quantitative estimate of drug-likeness (QED) is 0.0891. The zero-order valence-electron chi connectivity index (χ0n) is 19.6. The lowest BCUT2D eigenvalue weighted by Crippen LogP contribution is -2.14. The highest BCUT2D eigenvalue weighted by atomic mass is 16.6. The molecule has 0 radical (unpaired) electrons. The fourth-order valence-corrected chi connectivity index (χ4v) is 4.12. The Balaban J connectivity index is 2.21. The van der Waals surface area contributed by atoms with E-state index in [1.54, 1.807) is 0 Å². The number of carboxylic acids is 1. The summed E-state index contributed by atoms with van der Waals surface area (Å²) >= 11 is 0. The van der Waals surface area contributed by atoms with Gasteiger partial charge in [-0.2, -0.15) is 0 Å². The van der Waals surface area contributed by atoms with Crippen LogP contribution in [0.3, 0.4) is 0 Å². The molecule has 0 aliphatic rings. The first kappa shape index (κ1) is 27.7. The molecule has 0 aromatic heterocycles. The predicted octanol–water partition coefficient (Wildman–Crippen LogP) is 7.12. The van der Waals surface area contributed by atoms with Crippen LogP contribution in [-0.4, -0.2) is 26.2 Å². The Morgan fingerprint density at radius 2 is 1.38 bits per heavy atom. The average molecular weight is 452 g/mol. The third kappa shape index (κ3) is 11.3. The summed E-state index contributed by atoms with van der Waals surface area (Å²) in [5, 5.41) is 39.6. The van der Waals surface area contributed by atoms with Gasteiger partial charge in [-0.05, 0) is 37.3 Å². The number of nitro groups is 1. The summed E-state index contributed by atoms with van der Waals surface area (Å²) in [5.74, 6) is -2.49. The molecule has 1 unspecified atom stereocenters. The molecule has 1 aromatic carbocycles. The van der Waals surface area contributed by atoms with Crippen LogP contribution in [0.5, 0.6) is 11.5 Å². The van der Waals surface area contributed by atoms with Crippen LogP contribution in [-0.2, 0) is 11.2 Å². The summed E-state index contributed by atoms with van der Waals surface area (Å²) in [7, 11) is 0. The molecule has 0 fully saturated rings. The van der Waals surface area contributed by atoms with E-state index < -0.39 is 34.0 Å². The topological polar surface area (TPSA) is 121 Å². The van der Waals surface area contributed by atoms with E-state index in [9.17, 15) is 30.2 Å². The van der Waals surface area contributed by atoms with Crippen molar-refractivity contribution >= 4 is 11.7 Å². The van der Waals surface area contributed by atoms with Gasteiger partial charge < -0.3 is 15.3 Å². The largest absolute Gasteiger partial charge is 0.504 e. The highest BCUT2D eigenvalue weighted by Gasteiger charge is 2.20. The van der Waals surface area contributed by atoms with E-state index in [4.69, 9.17) is 0 Å². The van der Waals surface area contributed by atoms with Crippen LogP contribution in [0.1, 0.15) is 109 Å². The number of aryl methyl sites for hydroxylation is 1. The smallest absolute Gasteiger partial charge is 0.314 e. The number of hydrogen-bond acceptors (Lipinski definition) is 5. The maximum absolute atomic E-state index is 11.6. The Bertz CT molecular complexity index is 691. The third-order valence-electron chi connectivity index (χ3n) is 6.10. The second kappa shape index (κ2) is 16.3. The molecule has 7 nitrogen and oxygen atoms in total. The Kier molecular flexibility index (Phi) is 14.2. The van der Waals surface area contributed by atoms with Gasteiger partial charge in [0.2, 0.25) is 5.75 Å². The highest BCUT2D eigenvalue weighted by Crippen LogP contribution is 2.36. The Hall–Kier alpha value is -2.31. The summed E-state index contributed by atoms with van der Waals surface area (Å²) in [6.45, 7) is 2.23. The molecular weight excluding hydrogens is 410 g/mol. The van der Waals surface area contributed by atoms with Crippen LogP contribution in [0, 0.1) is 16.0 Å². The van der Waals surface area contributed by atoms with Gasteiger partial charge in [-0.15, -0.1) is 0 Å². The minimum absolute atomic E-state index is 0.414. The number of phenols is 2. The van der Waals surface area contributed by atoms with Crippen molar-refractivity contribution in [2.45, 2.75) is 110 Å². The van der Waals surface area contributed by atoms with Crippen molar-refractivity contribution in [3.8, 4) is 11.5 Å². The molecule has 182 valence electrons. The van der Waals surface area contributed by atoms with Gasteiger partial charge in [-0.25, -0.2) is 0 Å². The van der Waals surface area contributed by atoms with Crippen molar-refractivity contribution in [2.75, 3.05) is 0 Å². The lowest BCUT2D eigenvalue weighted by molar-refractivity contribution is -0.386. The monoisotopic (exact) mass is 451 g/mol. The summed E-state index contributed by atoms with van der Waals surface area (Å²) < 4.78 is 0. The van der Waals surface area contributed by atoms with Gasteiger partial charge in [0.15, 0.2) is 5.75 Å². The SMILES string of the molecule is CCCCCCCCCCCCCCC(CCCc1cc(O)c(O)c([N+](=O)[O-])c1)C(=O)O. The summed E-state index contributed by atoms with van der Waals surface area (Å²) in [5.41, 5.74) is -0.0206. The van der Waals surface area contributed by atoms with E-state index in [1.807, 2.05) is 0 Å². The Labute approximate surface area is 192 Å². The number of unbranched alkanes of at least 4 members (excludes halogenated alkanes) is 11. The number of carboxylic acid groups (broad SMARTS) is 1. The summed E-state index contributed by atoms with van der Waals surface area (Å²) in [4.78, 5) is 21.8. The first-order valence-electron chi connectivity index (χ1n) is 12.3. The van der Waals surface area contributed by atoms with Gasteiger partial charge in [0.05, 0.1) is 10.8 Å². The molecule has 32 heavy (non-hydrogen) atoms. The maximum Gasteiger partial charge on any atom is 0.314 e. The fraction of sp³-hybridized carbons (Fsp3) is 0.720. The number of nitrogens with zero attached hydrogens (tertiary/aromatic N) is 1. The summed E-state index contributed by atoms with van der Waals surface area (Å²) in [6, 6.07) is 2.53. The number of aromatic hydroxyl groups is 2. The number of hydrogen-bond donors (Lipinski definition) is 3. The number of aliphatic carboxylic acids is 1. The van der Waals surface area contributed by atoms with Gasteiger partial charge in [-0.1, -0.05) is 84.0 Å². The minimum Gasteiger partial charge on any atom is -0.504 e. The number of nitro benzene ring substituents is 1. The normalized spacial score (nSPS) is 12.0. The van der Waals surface area contributed by atoms with Crippen LogP contribution in [0.25, 0.3) is 0 Å². The molecule has 3 N–H and O–H groups in total. The van der Waals surface area contributed by atoms with Gasteiger partial charge in [0.1, 0.15) is 0 Å². The van der Waals surface area contributed by atoms with E-state index in [-0.39, 0.29) is 0 Å².